The van der Waals surface area contributed by atoms with Gasteiger partial charge in [-0.2, -0.15) is 0 Å². The third kappa shape index (κ3) is 2.53. The third-order valence-electron chi connectivity index (χ3n) is 3.81. The maximum absolute atomic E-state index is 12.2. The fraction of sp³-hybridized carbons (Fsp3) is 0.615. The Bertz CT molecular complexity index is 394. The van der Waals surface area contributed by atoms with Crippen LogP contribution in [0.1, 0.15) is 36.1 Å². The molecule has 17 heavy (non-hydrogen) atoms. The minimum Gasteiger partial charge on any atom is -0.351 e. The van der Waals surface area contributed by atoms with Crippen LogP contribution < -0.4 is 11.1 Å². The van der Waals surface area contributed by atoms with E-state index in [2.05, 4.69) is 23.7 Å². The second kappa shape index (κ2) is 5.19. The second-order valence-corrected chi connectivity index (χ2v) is 5.90. The van der Waals surface area contributed by atoms with E-state index in [4.69, 9.17) is 5.73 Å². The van der Waals surface area contributed by atoms with Gasteiger partial charge in [0.1, 0.15) is 0 Å². The minimum atomic E-state index is -0.287. The van der Waals surface area contributed by atoms with Crippen LogP contribution in [-0.4, -0.2) is 12.5 Å². The van der Waals surface area contributed by atoms with Gasteiger partial charge >= 0.3 is 0 Å². The molecule has 0 saturated heterocycles. The number of hydrogen-bond acceptors (Lipinski definition) is 3. The molecule has 0 atom stereocenters. The fourth-order valence-electron chi connectivity index (χ4n) is 2.51. The van der Waals surface area contributed by atoms with Crippen LogP contribution >= 0.6 is 11.3 Å². The standard InChI is InChI=1S/C13H20N2OS/c1-10-4-7-17-11(10)8-15-12(16)13(9-14)5-2-3-6-13/h4,7H,2-3,5-6,8-9,14H2,1H3,(H,15,16). The number of carbonyl (C=O) groups is 1. The van der Waals surface area contributed by atoms with E-state index in [9.17, 15) is 4.79 Å². The summed E-state index contributed by atoms with van der Waals surface area (Å²) in [5.74, 6) is 0.144. The summed E-state index contributed by atoms with van der Waals surface area (Å²) >= 11 is 1.69. The summed E-state index contributed by atoms with van der Waals surface area (Å²) in [6, 6.07) is 2.08. The average molecular weight is 252 g/mol. The molecular formula is C13H20N2OS. The summed E-state index contributed by atoms with van der Waals surface area (Å²) in [5, 5.41) is 5.11. The van der Waals surface area contributed by atoms with Gasteiger partial charge in [-0.05, 0) is 36.8 Å². The van der Waals surface area contributed by atoms with Crippen molar-refractivity contribution >= 4 is 17.2 Å². The van der Waals surface area contributed by atoms with Gasteiger partial charge in [0.05, 0.1) is 12.0 Å². The van der Waals surface area contributed by atoms with Crippen LogP contribution in [0.4, 0.5) is 0 Å². The zero-order valence-electron chi connectivity index (χ0n) is 10.3. The molecule has 1 heterocycles. The SMILES string of the molecule is Cc1ccsc1CNC(=O)C1(CN)CCCC1. The maximum atomic E-state index is 12.2. The summed E-state index contributed by atoms with van der Waals surface area (Å²) in [4.78, 5) is 13.5. The van der Waals surface area contributed by atoms with E-state index in [0.717, 1.165) is 25.7 Å². The molecule has 3 N–H and O–H groups in total. The molecule has 94 valence electrons. The second-order valence-electron chi connectivity index (χ2n) is 4.90. The van der Waals surface area contributed by atoms with Crippen LogP contribution in [0.15, 0.2) is 11.4 Å². The highest BCUT2D eigenvalue weighted by molar-refractivity contribution is 7.10. The minimum absolute atomic E-state index is 0.144. The van der Waals surface area contributed by atoms with Crippen LogP contribution in [0, 0.1) is 12.3 Å². The van der Waals surface area contributed by atoms with E-state index in [0.29, 0.717) is 13.1 Å². The summed E-state index contributed by atoms with van der Waals surface area (Å²) < 4.78 is 0. The van der Waals surface area contributed by atoms with Crippen molar-refractivity contribution in [2.45, 2.75) is 39.2 Å². The Balaban J connectivity index is 1.95. The summed E-state index contributed by atoms with van der Waals surface area (Å²) in [6.07, 6.45) is 4.14. The third-order valence-corrected chi connectivity index (χ3v) is 4.83. The molecule has 1 aromatic rings. The highest BCUT2D eigenvalue weighted by Crippen LogP contribution is 2.37. The predicted molar refractivity (Wildman–Crippen MR) is 70.9 cm³/mol. The van der Waals surface area contributed by atoms with Crippen molar-refractivity contribution in [3.63, 3.8) is 0 Å². The Morgan fingerprint density at radius 3 is 2.76 bits per heavy atom. The molecule has 0 spiro atoms. The molecule has 2 rings (SSSR count). The summed E-state index contributed by atoms with van der Waals surface area (Å²) in [7, 11) is 0. The van der Waals surface area contributed by atoms with Crippen LogP contribution in [0.2, 0.25) is 0 Å². The van der Waals surface area contributed by atoms with Gasteiger partial charge in [0.25, 0.3) is 0 Å². The highest BCUT2D eigenvalue weighted by atomic mass is 32.1. The molecule has 3 nitrogen and oxygen atoms in total. The van der Waals surface area contributed by atoms with Crippen LogP contribution in [0.25, 0.3) is 0 Å². The lowest BCUT2D eigenvalue weighted by atomic mass is 9.85. The van der Waals surface area contributed by atoms with Crippen molar-refractivity contribution in [3.8, 4) is 0 Å². The Morgan fingerprint density at radius 2 is 2.24 bits per heavy atom. The maximum Gasteiger partial charge on any atom is 0.227 e. The van der Waals surface area contributed by atoms with E-state index in [1.54, 1.807) is 11.3 Å². The number of hydrogen-bond donors (Lipinski definition) is 2. The lowest BCUT2D eigenvalue weighted by molar-refractivity contribution is -0.130. The molecule has 0 aromatic carbocycles. The van der Waals surface area contributed by atoms with Gasteiger partial charge in [0.2, 0.25) is 5.91 Å². The van der Waals surface area contributed by atoms with Crippen molar-refractivity contribution in [2.24, 2.45) is 11.1 Å². The predicted octanol–water partition coefficient (Wildman–Crippen LogP) is 2.19. The zero-order chi connectivity index (χ0) is 12.3. The number of nitrogens with two attached hydrogens (primary N) is 1. The summed E-state index contributed by atoms with van der Waals surface area (Å²) in [6.45, 7) is 3.19. The highest BCUT2D eigenvalue weighted by Gasteiger charge is 2.39. The van der Waals surface area contributed by atoms with Gasteiger partial charge in [-0.25, -0.2) is 0 Å². The van der Waals surface area contributed by atoms with Gasteiger partial charge in [-0.1, -0.05) is 12.8 Å². The quantitative estimate of drug-likeness (QED) is 0.863. The van der Waals surface area contributed by atoms with Crippen LogP contribution in [0.3, 0.4) is 0 Å². The normalized spacial score (nSPS) is 18.2. The van der Waals surface area contributed by atoms with E-state index in [1.165, 1.54) is 10.4 Å². The van der Waals surface area contributed by atoms with Gasteiger partial charge in [0, 0.05) is 11.4 Å². The molecule has 1 aromatic heterocycles. The first-order chi connectivity index (χ1) is 8.18. The first kappa shape index (κ1) is 12.6. The number of aryl methyl sites for hydroxylation is 1. The van der Waals surface area contributed by atoms with Gasteiger partial charge in [-0.3, -0.25) is 4.79 Å². The van der Waals surface area contributed by atoms with Crippen LogP contribution in [0.5, 0.6) is 0 Å². The van der Waals surface area contributed by atoms with Gasteiger partial charge in [0.15, 0.2) is 0 Å². The molecule has 0 bridgehead atoms. The largest absolute Gasteiger partial charge is 0.351 e. The first-order valence-corrected chi connectivity index (χ1v) is 7.07. The lowest BCUT2D eigenvalue weighted by Gasteiger charge is -2.25. The van der Waals surface area contributed by atoms with E-state index in [1.807, 2.05) is 0 Å². The molecule has 0 unspecified atom stereocenters. The Morgan fingerprint density at radius 1 is 1.53 bits per heavy atom. The Labute approximate surface area is 106 Å². The number of thiophene rings is 1. The van der Waals surface area contributed by atoms with Crippen molar-refractivity contribution in [2.75, 3.05) is 6.54 Å². The molecule has 0 radical (unpaired) electrons. The number of carbonyl (C=O) groups excluding carboxylic acids is 1. The smallest absolute Gasteiger partial charge is 0.227 e. The van der Waals surface area contributed by atoms with Crippen molar-refractivity contribution in [1.29, 1.82) is 0 Å². The lowest BCUT2D eigenvalue weighted by Crippen LogP contribution is -2.43. The zero-order valence-corrected chi connectivity index (χ0v) is 11.1. The Kier molecular flexibility index (Phi) is 3.84. The fourth-order valence-corrected chi connectivity index (χ4v) is 3.35. The van der Waals surface area contributed by atoms with Crippen molar-refractivity contribution < 1.29 is 4.79 Å². The van der Waals surface area contributed by atoms with Gasteiger partial charge < -0.3 is 11.1 Å². The van der Waals surface area contributed by atoms with Gasteiger partial charge in [-0.15, -0.1) is 11.3 Å². The molecule has 1 fully saturated rings. The molecule has 1 amide bonds. The first-order valence-electron chi connectivity index (χ1n) is 6.19. The van der Waals surface area contributed by atoms with Crippen molar-refractivity contribution in [1.82, 2.24) is 5.32 Å². The number of nitrogens with one attached hydrogen (secondary N) is 1. The molecule has 1 aliphatic rings. The van der Waals surface area contributed by atoms with Crippen LogP contribution in [-0.2, 0) is 11.3 Å². The molecule has 0 aliphatic heterocycles. The average Bonchev–Trinajstić information content (AvgIpc) is 2.95. The number of amides is 1. The van der Waals surface area contributed by atoms with Crippen molar-refractivity contribution in [3.05, 3.63) is 21.9 Å². The van der Waals surface area contributed by atoms with E-state index in [-0.39, 0.29) is 11.3 Å². The molecule has 4 heteroatoms. The van der Waals surface area contributed by atoms with E-state index < -0.39 is 0 Å². The van der Waals surface area contributed by atoms with E-state index >= 15 is 0 Å². The molecule has 1 saturated carbocycles. The number of rotatable bonds is 4. The molecular weight excluding hydrogens is 232 g/mol. The Hall–Kier alpha value is -0.870. The molecule has 1 aliphatic carbocycles. The monoisotopic (exact) mass is 252 g/mol. The topological polar surface area (TPSA) is 55.1 Å². The summed E-state index contributed by atoms with van der Waals surface area (Å²) in [5.41, 5.74) is 6.76.